The Balaban J connectivity index is 2.18. The molecule has 1 amide bonds. The van der Waals surface area contributed by atoms with Crippen LogP contribution in [0.5, 0.6) is 0 Å². The molecule has 0 heterocycles. The van der Waals surface area contributed by atoms with Crippen molar-refractivity contribution in [2.24, 2.45) is 5.92 Å². The van der Waals surface area contributed by atoms with E-state index in [2.05, 4.69) is 24.5 Å². The number of amides is 1. The summed E-state index contributed by atoms with van der Waals surface area (Å²) >= 11 is 0. The summed E-state index contributed by atoms with van der Waals surface area (Å²) in [6.45, 7) is 5.04. The zero-order chi connectivity index (χ0) is 12.0. The molecular weight excluding hydrogens is 204 g/mol. The van der Waals surface area contributed by atoms with E-state index in [9.17, 15) is 4.79 Å². The van der Waals surface area contributed by atoms with Gasteiger partial charge in [-0.3, -0.25) is 4.79 Å². The van der Waals surface area contributed by atoms with Gasteiger partial charge in [-0.25, -0.2) is 0 Å². The summed E-state index contributed by atoms with van der Waals surface area (Å²) < 4.78 is 0. The van der Waals surface area contributed by atoms with Crippen molar-refractivity contribution in [2.45, 2.75) is 51.6 Å². The fraction of sp³-hybridized carbons (Fsp3) is 0.917. The largest absolute Gasteiger partial charge is 0.396 e. The maximum atomic E-state index is 11.6. The molecule has 1 saturated carbocycles. The van der Waals surface area contributed by atoms with Crippen molar-refractivity contribution >= 4 is 5.91 Å². The Morgan fingerprint density at radius 2 is 2.19 bits per heavy atom. The van der Waals surface area contributed by atoms with Crippen LogP contribution in [0.1, 0.15) is 39.5 Å². The Bertz CT molecular complexity index is 219. The standard InChI is InChI=1S/C12H24N2O2/c1-9(2)13-7-6-12(16)14-11-5-3-4-10(11)8-15/h9-11,13,15H,3-8H2,1-2H3,(H,14,16). The summed E-state index contributed by atoms with van der Waals surface area (Å²) in [6.07, 6.45) is 3.67. The summed E-state index contributed by atoms with van der Waals surface area (Å²) in [5.41, 5.74) is 0. The van der Waals surface area contributed by atoms with Crippen molar-refractivity contribution in [2.75, 3.05) is 13.2 Å². The number of carbonyl (C=O) groups is 1. The van der Waals surface area contributed by atoms with Crippen LogP contribution in [0.4, 0.5) is 0 Å². The van der Waals surface area contributed by atoms with Gasteiger partial charge in [0.25, 0.3) is 0 Å². The Morgan fingerprint density at radius 1 is 1.44 bits per heavy atom. The smallest absolute Gasteiger partial charge is 0.221 e. The molecule has 4 nitrogen and oxygen atoms in total. The number of aliphatic hydroxyl groups is 1. The molecule has 2 atom stereocenters. The lowest BCUT2D eigenvalue weighted by molar-refractivity contribution is -0.122. The number of hydrogen-bond acceptors (Lipinski definition) is 3. The van der Waals surface area contributed by atoms with Gasteiger partial charge in [-0.2, -0.15) is 0 Å². The van der Waals surface area contributed by atoms with E-state index in [1.807, 2.05) is 0 Å². The second kappa shape index (κ2) is 6.86. The van der Waals surface area contributed by atoms with Crippen molar-refractivity contribution < 1.29 is 9.90 Å². The molecule has 0 aromatic rings. The first-order chi connectivity index (χ1) is 7.63. The van der Waals surface area contributed by atoms with Crippen molar-refractivity contribution in [3.63, 3.8) is 0 Å². The highest BCUT2D eigenvalue weighted by atomic mass is 16.3. The molecule has 0 spiro atoms. The van der Waals surface area contributed by atoms with E-state index < -0.39 is 0 Å². The van der Waals surface area contributed by atoms with Gasteiger partial charge in [0.1, 0.15) is 0 Å². The van der Waals surface area contributed by atoms with Crippen LogP contribution in [0, 0.1) is 5.92 Å². The molecule has 0 bridgehead atoms. The van der Waals surface area contributed by atoms with Gasteiger partial charge in [0.15, 0.2) is 0 Å². The number of nitrogens with one attached hydrogen (secondary N) is 2. The SMILES string of the molecule is CC(C)NCCC(=O)NC1CCCC1CO. The van der Waals surface area contributed by atoms with Gasteiger partial charge < -0.3 is 15.7 Å². The first-order valence-electron chi connectivity index (χ1n) is 6.27. The molecule has 0 aromatic carbocycles. The van der Waals surface area contributed by atoms with E-state index in [0.717, 1.165) is 25.8 Å². The predicted molar refractivity (Wildman–Crippen MR) is 64.1 cm³/mol. The lowest BCUT2D eigenvalue weighted by atomic mass is 10.1. The minimum atomic E-state index is 0.0958. The average Bonchev–Trinajstić information content (AvgIpc) is 2.64. The third-order valence-electron chi connectivity index (χ3n) is 3.14. The number of carbonyl (C=O) groups excluding carboxylic acids is 1. The number of rotatable bonds is 6. The fourth-order valence-electron chi connectivity index (χ4n) is 2.20. The van der Waals surface area contributed by atoms with Crippen LogP contribution in [0.2, 0.25) is 0 Å². The molecule has 1 aliphatic carbocycles. The van der Waals surface area contributed by atoms with Gasteiger partial charge >= 0.3 is 0 Å². The van der Waals surface area contributed by atoms with Gasteiger partial charge in [-0.1, -0.05) is 20.3 Å². The van der Waals surface area contributed by atoms with Gasteiger partial charge in [-0.15, -0.1) is 0 Å². The fourth-order valence-corrected chi connectivity index (χ4v) is 2.20. The van der Waals surface area contributed by atoms with E-state index in [1.165, 1.54) is 0 Å². The highest BCUT2D eigenvalue weighted by Crippen LogP contribution is 2.24. The lowest BCUT2D eigenvalue weighted by Crippen LogP contribution is -2.40. The summed E-state index contributed by atoms with van der Waals surface area (Å²) in [5.74, 6) is 0.362. The monoisotopic (exact) mass is 228 g/mol. The Kier molecular flexibility index (Phi) is 5.77. The third kappa shape index (κ3) is 4.49. The first kappa shape index (κ1) is 13.5. The second-order valence-corrected chi connectivity index (χ2v) is 4.91. The quantitative estimate of drug-likeness (QED) is 0.625. The second-order valence-electron chi connectivity index (χ2n) is 4.91. The van der Waals surface area contributed by atoms with Crippen LogP contribution < -0.4 is 10.6 Å². The minimum Gasteiger partial charge on any atom is -0.396 e. The summed E-state index contributed by atoms with van der Waals surface area (Å²) in [7, 11) is 0. The van der Waals surface area contributed by atoms with Gasteiger partial charge in [0.2, 0.25) is 5.91 Å². The molecule has 4 heteroatoms. The topological polar surface area (TPSA) is 61.4 Å². The first-order valence-corrected chi connectivity index (χ1v) is 6.27. The lowest BCUT2D eigenvalue weighted by Gasteiger charge is -2.19. The summed E-state index contributed by atoms with van der Waals surface area (Å²) in [5, 5.41) is 15.4. The van der Waals surface area contributed by atoms with E-state index in [-0.39, 0.29) is 24.5 Å². The molecule has 1 fully saturated rings. The van der Waals surface area contributed by atoms with E-state index in [1.54, 1.807) is 0 Å². The van der Waals surface area contributed by atoms with E-state index in [4.69, 9.17) is 5.11 Å². The van der Waals surface area contributed by atoms with Crippen LogP contribution in [-0.4, -0.2) is 36.2 Å². The van der Waals surface area contributed by atoms with Crippen LogP contribution in [0.3, 0.4) is 0 Å². The van der Waals surface area contributed by atoms with Crippen molar-refractivity contribution in [1.29, 1.82) is 0 Å². The van der Waals surface area contributed by atoms with E-state index in [0.29, 0.717) is 12.5 Å². The summed E-state index contributed by atoms with van der Waals surface area (Å²) in [6, 6.07) is 0.612. The zero-order valence-electron chi connectivity index (χ0n) is 10.3. The van der Waals surface area contributed by atoms with Crippen LogP contribution in [0.25, 0.3) is 0 Å². The molecule has 3 N–H and O–H groups in total. The molecule has 94 valence electrons. The molecule has 0 saturated heterocycles. The zero-order valence-corrected chi connectivity index (χ0v) is 10.3. The molecule has 2 unspecified atom stereocenters. The molecule has 0 radical (unpaired) electrons. The number of hydrogen-bond donors (Lipinski definition) is 3. The van der Waals surface area contributed by atoms with Gasteiger partial charge in [0, 0.05) is 37.6 Å². The highest BCUT2D eigenvalue weighted by Gasteiger charge is 2.27. The molecule has 1 rings (SSSR count). The molecule has 16 heavy (non-hydrogen) atoms. The molecular formula is C12H24N2O2. The van der Waals surface area contributed by atoms with Crippen molar-refractivity contribution in [3.8, 4) is 0 Å². The van der Waals surface area contributed by atoms with Gasteiger partial charge in [0.05, 0.1) is 0 Å². The maximum Gasteiger partial charge on any atom is 0.221 e. The highest BCUT2D eigenvalue weighted by molar-refractivity contribution is 5.76. The molecule has 0 aliphatic heterocycles. The van der Waals surface area contributed by atoms with Crippen molar-refractivity contribution in [1.82, 2.24) is 10.6 Å². The van der Waals surface area contributed by atoms with Gasteiger partial charge in [-0.05, 0) is 12.8 Å². The average molecular weight is 228 g/mol. The van der Waals surface area contributed by atoms with Crippen molar-refractivity contribution in [3.05, 3.63) is 0 Å². The number of aliphatic hydroxyl groups excluding tert-OH is 1. The predicted octanol–water partition coefficient (Wildman–Crippen LogP) is 0.652. The Labute approximate surface area is 97.8 Å². The Hall–Kier alpha value is -0.610. The third-order valence-corrected chi connectivity index (χ3v) is 3.14. The molecule has 1 aliphatic rings. The van der Waals surface area contributed by atoms with Crippen LogP contribution in [-0.2, 0) is 4.79 Å². The van der Waals surface area contributed by atoms with Crippen LogP contribution >= 0.6 is 0 Å². The van der Waals surface area contributed by atoms with E-state index >= 15 is 0 Å². The molecule has 0 aromatic heterocycles. The van der Waals surface area contributed by atoms with Crippen LogP contribution in [0.15, 0.2) is 0 Å². The summed E-state index contributed by atoms with van der Waals surface area (Å²) in [4.78, 5) is 11.6. The maximum absolute atomic E-state index is 11.6. The minimum absolute atomic E-state index is 0.0958. The normalized spacial score (nSPS) is 25.0. The Morgan fingerprint density at radius 3 is 2.81 bits per heavy atom.